The number of alkyl carbamates (subject to hydrolysis) is 1. The third kappa shape index (κ3) is 6.04. The number of rotatable bonds is 7. The van der Waals surface area contributed by atoms with Crippen LogP contribution in [-0.4, -0.2) is 18.4 Å². The normalized spacial score (nSPS) is 11.7. The van der Waals surface area contributed by atoms with Crippen molar-refractivity contribution >= 4 is 11.9 Å². The predicted molar refractivity (Wildman–Crippen MR) is 73.7 cm³/mol. The molecule has 1 aromatic rings. The van der Waals surface area contributed by atoms with Crippen LogP contribution in [-0.2, 0) is 16.1 Å². The molecule has 1 rings (SSSR count). The average molecular weight is 263 g/mol. The Morgan fingerprint density at radius 3 is 2.58 bits per heavy atom. The number of carbonyl (C=O) groups excluding carboxylic acids is 2. The molecule has 0 bridgehead atoms. The van der Waals surface area contributed by atoms with Crippen LogP contribution >= 0.6 is 0 Å². The number of benzene rings is 1. The van der Waals surface area contributed by atoms with Gasteiger partial charge in [0.25, 0.3) is 0 Å². The summed E-state index contributed by atoms with van der Waals surface area (Å²) in [5.74, 6) is 0.0259. The van der Waals surface area contributed by atoms with Crippen LogP contribution in [0.5, 0.6) is 0 Å². The zero-order chi connectivity index (χ0) is 14.1. The van der Waals surface area contributed by atoms with E-state index in [1.54, 1.807) is 0 Å². The molecule has 0 fully saturated rings. The van der Waals surface area contributed by atoms with E-state index in [9.17, 15) is 9.59 Å². The largest absolute Gasteiger partial charge is 0.445 e. The summed E-state index contributed by atoms with van der Waals surface area (Å²) in [6.45, 7) is 4.16. The lowest BCUT2D eigenvalue weighted by Crippen LogP contribution is -2.32. The standard InChI is InChI=1S/C15H21NO3/c1-3-7-12(2)14(17)10-16-15(18)19-11-13-8-5-4-6-9-13/h4-6,8-9,12H,3,7,10-11H2,1-2H3,(H,16,18). The van der Waals surface area contributed by atoms with E-state index in [1.807, 2.05) is 44.2 Å². The third-order valence-electron chi connectivity index (χ3n) is 2.89. The molecule has 0 aliphatic rings. The number of ether oxygens (including phenoxy) is 1. The van der Waals surface area contributed by atoms with Crippen molar-refractivity contribution in [1.82, 2.24) is 5.32 Å². The van der Waals surface area contributed by atoms with E-state index in [0.29, 0.717) is 0 Å². The Hall–Kier alpha value is -1.84. The van der Waals surface area contributed by atoms with Crippen LogP contribution in [0.25, 0.3) is 0 Å². The zero-order valence-corrected chi connectivity index (χ0v) is 11.5. The molecule has 0 saturated heterocycles. The highest BCUT2D eigenvalue weighted by Crippen LogP contribution is 2.05. The highest BCUT2D eigenvalue weighted by Gasteiger charge is 2.13. The minimum atomic E-state index is -0.555. The van der Waals surface area contributed by atoms with Gasteiger partial charge >= 0.3 is 6.09 Å². The van der Waals surface area contributed by atoms with Crippen LogP contribution in [0, 0.1) is 5.92 Å². The summed E-state index contributed by atoms with van der Waals surface area (Å²) in [5, 5.41) is 2.48. The minimum absolute atomic E-state index is 0.0144. The van der Waals surface area contributed by atoms with Crippen molar-refractivity contribution in [3.05, 3.63) is 35.9 Å². The van der Waals surface area contributed by atoms with Gasteiger partial charge < -0.3 is 10.1 Å². The molecule has 0 spiro atoms. The lowest BCUT2D eigenvalue weighted by Gasteiger charge is -2.10. The summed E-state index contributed by atoms with van der Waals surface area (Å²) < 4.78 is 5.02. The fraction of sp³-hybridized carbons (Fsp3) is 0.467. The van der Waals surface area contributed by atoms with Crippen molar-refractivity contribution in [2.24, 2.45) is 5.92 Å². The van der Waals surface area contributed by atoms with Crippen LogP contribution in [0.15, 0.2) is 30.3 Å². The van der Waals surface area contributed by atoms with Crippen molar-refractivity contribution in [1.29, 1.82) is 0 Å². The lowest BCUT2D eigenvalue weighted by atomic mass is 10.0. The summed E-state index contributed by atoms with van der Waals surface area (Å²) >= 11 is 0. The zero-order valence-electron chi connectivity index (χ0n) is 11.5. The van der Waals surface area contributed by atoms with E-state index in [2.05, 4.69) is 5.32 Å². The highest BCUT2D eigenvalue weighted by molar-refractivity contribution is 5.85. The quantitative estimate of drug-likeness (QED) is 0.823. The molecular weight excluding hydrogens is 242 g/mol. The van der Waals surface area contributed by atoms with Gasteiger partial charge in [-0.1, -0.05) is 50.6 Å². The Labute approximate surface area is 114 Å². The van der Waals surface area contributed by atoms with Crippen molar-refractivity contribution in [3.63, 3.8) is 0 Å². The van der Waals surface area contributed by atoms with E-state index in [1.165, 1.54) is 0 Å². The molecule has 104 valence electrons. The molecule has 0 aliphatic heterocycles. The maximum Gasteiger partial charge on any atom is 0.407 e. The first-order chi connectivity index (χ1) is 9.13. The molecule has 0 saturated carbocycles. The second kappa shape index (κ2) is 8.29. The molecule has 19 heavy (non-hydrogen) atoms. The topological polar surface area (TPSA) is 55.4 Å². The van der Waals surface area contributed by atoms with E-state index < -0.39 is 6.09 Å². The maximum atomic E-state index is 11.6. The van der Waals surface area contributed by atoms with Crippen molar-refractivity contribution in [3.8, 4) is 0 Å². The number of hydrogen-bond donors (Lipinski definition) is 1. The van der Waals surface area contributed by atoms with Gasteiger partial charge in [0.05, 0.1) is 6.54 Å². The second-order valence-corrected chi connectivity index (χ2v) is 4.57. The van der Waals surface area contributed by atoms with E-state index in [4.69, 9.17) is 4.74 Å². The number of hydrogen-bond acceptors (Lipinski definition) is 3. The second-order valence-electron chi connectivity index (χ2n) is 4.57. The van der Waals surface area contributed by atoms with E-state index in [-0.39, 0.29) is 24.9 Å². The summed E-state index contributed by atoms with van der Waals surface area (Å²) in [7, 11) is 0. The summed E-state index contributed by atoms with van der Waals surface area (Å²) in [6, 6.07) is 9.42. The number of carbonyl (C=O) groups is 2. The summed E-state index contributed by atoms with van der Waals surface area (Å²) in [5.41, 5.74) is 0.920. The minimum Gasteiger partial charge on any atom is -0.445 e. The Kier molecular flexibility index (Phi) is 6.64. The smallest absolute Gasteiger partial charge is 0.407 e. The molecule has 1 amide bonds. The summed E-state index contributed by atoms with van der Waals surface area (Å²) in [6.07, 6.45) is 1.26. The molecule has 0 aromatic heterocycles. The highest BCUT2D eigenvalue weighted by atomic mass is 16.5. The van der Waals surface area contributed by atoms with E-state index in [0.717, 1.165) is 18.4 Å². The lowest BCUT2D eigenvalue weighted by molar-refractivity contribution is -0.121. The van der Waals surface area contributed by atoms with Gasteiger partial charge in [-0.25, -0.2) is 4.79 Å². The van der Waals surface area contributed by atoms with Gasteiger partial charge in [0.1, 0.15) is 6.61 Å². The maximum absolute atomic E-state index is 11.6. The number of amides is 1. The van der Waals surface area contributed by atoms with Gasteiger partial charge in [0, 0.05) is 5.92 Å². The summed E-state index contributed by atoms with van der Waals surface area (Å²) in [4.78, 5) is 23.1. The van der Waals surface area contributed by atoms with Crippen molar-refractivity contribution in [2.75, 3.05) is 6.54 Å². The molecule has 4 heteroatoms. The molecule has 1 unspecified atom stereocenters. The molecular formula is C15H21NO3. The molecule has 0 aliphatic carbocycles. The monoisotopic (exact) mass is 263 g/mol. The molecule has 1 aromatic carbocycles. The first-order valence-corrected chi connectivity index (χ1v) is 6.60. The molecule has 0 radical (unpaired) electrons. The van der Waals surface area contributed by atoms with Gasteiger partial charge in [0.2, 0.25) is 0 Å². The number of nitrogens with one attached hydrogen (secondary N) is 1. The Bertz CT molecular complexity index is 403. The van der Waals surface area contributed by atoms with Crippen molar-refractivity contribution in [2.45, 2.75) is 33.3 Å². The fourth-order valence-corrected chi connectivity index (χ4v) is 1.70. The van der Waals surface area contributed by atoms with Gasteiger partial charge in [-0.2, -0.15) is 0 Å². The van der Waals surface area contributed by atoms with E-state index >= 15 is 0 Å². The predicted octanol–water partition coefficient (Wildman–Crippen LogP) is 2.92. The van der Waals surface area contributed by atoms with Gasteiger partial charge in [-0.3, -0.25) is 4.79 Å². The first kappa shape index (κ1) is 15.2. The molecule has 4 nitrogen and oxygen atoms in total. The SMILES string of the molecule is CCCC(C)C(=O)CNC(=O)OCc1ccccc1. The van der Waals surface area contributed by atoms with Gasteiger partial charge in [-0.05, 0) is 12.0 Å². The fourth-order valence-electron chi connectivity index (χ4n) is 1.70. The Morgan fingerprint density at radius 1 is 1.26 bits per heavy atom. The van der Waals surface area contributed by atoms with Crippen LogP contribution in [0.2, 0.25) is 0 Å². The molecule has 0 heterocycles. The molecule has 1 atom stereocenters. The third-order valence-corrected chi connectivity index (χ3v) is 2.89. The number of ketones is 1. The van der Waals surface area contributed by atoms with Crippen molar-refractivity contribution < 1.29 is 14.3 Å². The van der Waals surface area contributed by atoms with Crippen LogP contribution in [0.3, 0.4) is 0 Å². The first-order valence-electron chi connectivity index (χ1n) is 6.60. The Morgan fingerprint density at radius 2 is 1.95 bits per heavy atom. The van der Waals surface area contributed by atoms with Crippen LogP contribution in [0.4, 0.5) is 4.79 Å². The number of Topliss-reactive ketones (excluding diaryl/α,β-unsaturated/α-hetero) is 1. The van der Waals surface area contributed by atoms with Crippen LogP contribution in [0.1, 0.15) is 32.3 Å². The van der Waals surface area contributed by atoms with Gasteiger partial charge in [0.15, 0.2) is 5.78 Å². The average Bonchev–Trinajstić information content (AvgIpc) is 2.43. The molecule has 1 N–H and O–H groups in total. The Balaban J connectivity index is 2.23. The van der Waals surface area contributed by atoms with Crippen LogP contribution < -0.4 is 5.32 Å². The van der Waals surface area contributed by atoms with Gasteiger partial charge in [-0.15, -0.1) is 0 Å².